The summed E-state index contributed by atoms with van der Waals surface area (Å²) < 4.78 is 5.87. The van der Waals surface area contributed by atoms with Crippen molar-refractivity contribution in [3.05, 3.63) is 28.2 Å². The van der Waals surface area contributed by atoms with E-state index >= 15 is 0 Å². The quantitative estimate of drug-likeness (QED) is 0.836. The molecular weight excluding hydrogens is 283 g/mol. The van der Waals surface area contributed by atoms with E-state index in [2.05, 4.69) is 15.9 Å². The molecule has 0 saturated carbocycles. The van der Waals surface area contributed by atoms with E-state index in [4.69, 9.17) is 16.3 Å². The third kappa shape index (κ3) is 3.08. The number of ether oxygens (including phenoxy) is 1. The van der Waals surface area contributed by atoms with Crippen LogP contribution in [-0.2, 0) is 0 Å². The zero-order valence-corrected chi connectivity index (χ0v) is 10.5. The first-order valence-corrected chi connectivity index (χ1v) is 5.68. The summed E-state index contributed by atoms with van der Waals surface area (Å²) in [5.41, 5.74) is 0.572. The Kier molecular flexibility index (Phi) is 4.86. The highest BCUT2D eigenvalue weighted by molar-refractivity contribution is 9.10. The summed E-state index contributed by atoms with van der Waals surface area (Å²) in [6.45, 7) is 0. The molecule has 3 nitrogen and oxygen atoms in total. The van der Waals surface area contributed by atoms with Gasteiger partial charge in [0.2, 0.25) is 0 Å². The minimum absolute atomic E-state index is 0.0143. The summed E-state index contributed by atoms with van der Waals surface area (Å²) >= 11 is 8.75. The number of alkyl halides is 1. The van der Waals surface area contributed by atoms with Gasteiger partial charge in [-0.05, 0) is 33.6 Å². The molecule has 0 fully saturated rings. The van der Waals surface area contributed by atoms with Gasteiger partial charge in [0.25, 0.3) is 0 Å². The zero-order chi connectivity index (χ0) is 11.4. The summed E-state index contributed by atoms with van der Waals surface area (Å²) in [6, 6.07) is 5.11. The highest BCUT2D eigenvalue weighted by Gasteiger charge is 2.18. The normalized spacial score (nSPS) is 14.7. The number of aliphatic hydroxyl groups is 2. The van der Waals surface area contributed by atoms with Crippen LogP contribution in [0.1, 0.15) is 11.7 Å². The van der Waals surface area contributed by atoms with Gasteiger partial charge in [0.05, 0.1) is 23.6 Å². The SMILES string of the molecule is COc1cc(C(O)C(O)CCl)ccc1Br. The molecular formula is C10H12BrClO3. The van der Waals surface area contributed by atoms with E-state index in [0.717, 1.165) is 4.47 Å². The number of halogens is 2. The molecule has 0 aliphatic heterocycles. The van der Waals surface area contributed by atoms with Gasteiger partial charge in [-0.1, -0.05) is 6.07 Å². The zero-order valence-electron chi connectivity index (χ0n) is 8.15. The molecule has 2 unspecified atom stereocenters. The molecule has 0 radical (unpaired) electrons. The molecule has 0 aliphatic rings. The first-order valence-electron chi connectivity index (χ1n) is 4.35. The monoisotopic (exact) mass is 294 g/mol. The molecule has 0 spiro atoms. The Hall–Kier alpha value is -0.290. The first kappa shape index (κ1) is 12.8. The Labute approximate surface area is 102 Å². The Morgan fingerprint density at radius 3 is 2.67 bits per heavy atom. The number of aliphatic hydroxyl groups excluding tert-OH is 2. The van der Waals surface area contributed by atoms with Crippen LogP contribution in [-0.4, -0.2) is 29.3 Å². The minimum atomic E-state index is -0.996. The maximum Gasteiger partial charge on any atom is 0.133 e. The number of hydrogen-bond acceptors (Lipinski definition) is 3. The molecule has 0 bridgehead atoms. The second kappa shape index (κ2) is 5.70. The third-order valence-electron chi connectivity index (χ3n) is 2.04. The summed E-state index contributed by atoms with van der Waals surface area (Å²) in [7, 11) is 1.54. The van der Waals surface area contributed by atoms with Crippen molar-refractivity contribution in [3.63, 3.8) is 0 Å². The Balaban J connectivity index is 2.95. The fourth-order valence-electron chi connectivity index (χ4n) is 1.17. The van der Waals surface area contributed by atoms with Crippen LogP contribution in [0.2, 0.25) is 0 Å². The van der Waals surface area contributed by atoms with Crippen molar-refractivity contribution < 1.29 is 14.9 Å². The van der Waals surface area contributed by atoms with E-state index in [1.54, 1.807) is 18.2 Å². The van der Waals surface area contributed by atoms with Crippen LogP contribution in [0.25, 0.3) is 0 Å². The molecule has 0 saturated heterocycles. The molecule has 15 heavy (non-hydrogen) atoms. The first-order chi connectivity index (χ1) is 7.10. The molecule has 0 heterocycles. The molecule has 0 amide bonds. The van der Waals surface area contributed by atoms with Crippen molar-refractivity contribution in [2.24, 2.45) is 0 Å². The van der Waals surface area contributed by atoms with Crippen LogP contribution < -0.4 is 4.74 Å². The minimum Gasteiger partial charge on any atom is -0.496 e. The van der Waals surface area contributed by atoms with Gasteiger partial charge in [0.1, 0.15) is 11.9 Å². The highest BCUT2D eigenvalue weighted by Crippen LogP contribution is 2.29. The maximum absolute atomic E-state index is 9.69. The lowest BCUT2D eigenvalue weighted by atomic mass is 10.1. The Morgan fingerprint density at radius 1 is 1.47 bits per heavy atom. The predicted octanol–water partition coefficient (Wildman–Crippen LogP) is 2.09. The van der Waals surface area contributed by atoms with Crippen molar-refractivity contribution >= 4 is 27.5 Å². The molecule has 1 aromatic carbocycles. The largest absolute Gasteiger partial charge is 0.496 e. The lowest BCUT2D eigenvalue weighted by Gasteiger charge is -2.16. The van der Waals surface area contributed by atoms with Crippen molar-refractivity contribution in [2.75, 3.05) is 13.0 Å². The van der Waals surface area contributed by atoms with E-state index in [1.165, 1.54) is 7.11 Å². The molecule has 2 N–H and O–H groups in total. The predicted molar refractivity (Wildman–Crippen MR) is 62.4 cm³/mol. The Bertz CT molecular complexity index is 332. The number of methoxy groups -OCH3 is 1. The van der Waals surface area contributed by atoms with E-state index in [9.17, 15) is 10.2 Å². The molecule has 84 valence electrons. The van der Waals surface area contributed by atoms with Crippen molar-refractivity contribution in [1.82, 2.24) is 0 Å². The van der Waals surface area contributed by atoms with Crippen LogP contribution in [0.15, 0.2) is 22.7 Å². The van der Waals surface area contributed by atoms with Crippen molar-refractivity contribution in [1.29, 1.82) is 0 Å². The van der Waals surface area contributed by atoms with Crippen LogP contribution in [0.5, 0.6) is 5.75 Å². The number of hydrogen-bond donors (Lipinski definition) is 2. The van der Waals surface area contributed by atoms with Gasteiger partial charge in [0, 0.05) is 0 Å². The van der Waals surface area contributed by atoms with Gasteiger partial charge in [-0.15, -0.1) is 11.6 Å². The van der Waals surface area contributed by atoms with E-state index in [0.29, 0.717) is 11.3 Å². The van der Waals surface area contributed by atoms with Gasteiger partial charge in [-0.2, -0.15) is 0 Å². The maximum atomic E-state index is 9.69. The summed E-state index contributed by atoms with van der Waals surface area (Å²) in [5, 5.41) is 19.1. The summed E-state index contributed by atoms with van der Waals surface area (Å²) in [5.74, 6) is 0.591. The fraction of sp³-hybridized carbons (Fsp3) is 0.400. The standard InChI is InChI=1S/C10H12BrClO3/c1-15-9-4-6(2-3-7(9)11)10(14)8(13)5-12/h2-4,8,10,13-14H,5H2,1H3. The van der Waals surface area contributed by atoms with Gasteiger partial charge < -0.3 is 14.9 Å². The molecule has 0 aromatic heterocycles. The second-order valence-corrected chi connectivity index (χ2v) is 4.22. The smallest absolute Gasteiger partial charge is 0.133 e. The highest BCUT2D eigenvalue weighted by atomic mass is 79.9. The second-order valence-electron chi connectivity index (χ2n) is 3.06. The summed E-state index contributed by atoms with van der Waals surface area (Å²) in [4.78, 5) is 0. The van der Waals surface area contributed by atoms with Gasteiger partial charge >= 0.3 is 0 Å². The number of benzene rings is 1. The average Bonchev–Trinajstić information content (AvgIpc) is 2.27. The molecule has 1 rings (SSSR count). The van der Waals surface area contributed by atoms with Crippen molar-refractivity contribution in [3.8, 4) is 5.75 Å². The molecule has 1 aromatic rings. The summed E-state index contributed by atoms with van der Waals surface area (Å²) in [6.07, 6.45) is -1.97. The van der Waals surface area contributed by atoms with Crippen LogP contribution in [0, 0.1) is 0 Å². The lowest BCUT2D eigenvalue weighted by molar-refractivity contribution is 0.0326. The fourth-order valence-corrected chi connectivity index (χ4v) is 1.74. The molecule has 0 aliphatic carbocycles. The van der Waals surface area contributed by atoms with E-state index in [-0.39, 0.29) is 5.88 Å². The van der Waals surface area contributed by atoms with Gasteiger partial charge in [-0.3, -0.25) is 0 Å². The van der Waals surface area contributed by atoms with Gasteiger partial charge in [-0.25, -0.2) is 0 Å². The van der Waals surface area contributed by atoms with Crippen molar-refractivity contribution in [2.45, 2.75) is 12.2 Å². The van der Waals surface area contributed by atoms with Crippen LogP contribution in [0.3, 0.4) is 0 Å². The van der Waals surface area contributed by atoms with E-state index < -0.39 is 12.2 Å². The molecule has 2 atom stereocenters. The van der Waals surface area contributed by atoms with Gasteiger partial charge in [0.15, 0.2) is 0 Å². The molecule has 5 heteroatoms. The Morgan fingerprint density at radius 2 is 2.13 bits per heavy atom. The van der Waals surface area contributed by atoms with Crippen LogP contribution >= 0.6 is 27.5 Å². The average molecular weight is 296 g/mol. The van der Waals surface area contributed by atoms with Crippen LogP contribution in [0.4, 0.5) is 0 Å². The third-order valence-corrected chi connectivity index (χ3v) is 3.01. The lowest BCUT2D eigenvalue weighted by Crippen LogP contribution is -2.19. The van der Waals surface area contributed by atoms with E-state index in [1.807, 2.05) is 0 Å². The topological polar surface area (TPSA) is 49.7 Å². The number of rotatable bonds is 4.